The standard InChI is InChI=1S/C16H14ClNO4S/c1-21-15(19)11-5-3-4-8-18(14(11)16(20)22-2)12-9-10(17)6-7-13(12)23/h3-9,23H,1-2H3. The van der Waals surface area contributed by atoms with Crippen LogP contribution in [0.3, 0.4) is 0 Å². The van der Waals surface area contributed by atoms with Crippen molar-refractivity contribution in [1.29, 1.82) is 0 Å². The van der Waals surface area contributed by atoms with E-state index in [4.69, 9.17) is 21.1 Å². The predicted octanol–water partition coefficient (Wildman–Crippen LogP) is 3.12. The van der Waals surface area contributed by atoms with Crippen LogP contribution < -0.4 is 4.90 Å². The molecule has 23 heavy (non-hydrogen) atoms. The van der Waals surface area contributed by atoms with Gasteiger partial charge in [-0.25, -0.2) is 9.59 Å². The number of nitrogens with zero attached hydrogens (tertiary/aromatic N) is 1. The van der Waals surface area contributed by atoms with Crippen LogP contribution in [0.1, 0.15) is 0 Å². The molecule has 2 rings (SSSR count). The molecule has 0 aromatic heterocycles. The third-order valence-electron chi connectivity index (χ3n) is 3.09. The third kappa shape index (κ3) is 3.60. The minimum atomic E-state index is -0.686. The smallest absolute Gasteiger partial charge is 0.355 e. The maximum atomic E-state index is 12.3. The number of esters is 2. The minimum Gasteiger partial charge on any atom is -0.465 e. The highest BCUT2D eigenvalue weighted by molar-refractivity contribution is 7.80. The number of hydrogen-bond acceptors (Lipinski definition) is 6. The Hall–Kier alpha value is -2.18. The van der Waals surface area contributed by atoms with Crippen molar-refractivity contribution in [3.63, 3.8) is 0 Å². The van der Waals surface area contributed by atoms with Gasteiger partial charge in [-0.3, -0.25) is 0 Å². The molecule has 0 saturated heterocycles. The number of rotatable bonds is 3. The molecule has 1 heterocycles. The second kappa shape index (κ2) is 7.39. The number of halogens is 1. The molecule has 0 fully saturated rings. The molecule has 1 aliphatic heterocycles. The van der Waals surface area contributed by atoms with Gasteiger partial charge >= 0.3 is 11.9 Å². The Balaban J connectivity index is 2.71. The molecule has 0 radical (unpaired) electrons. The molecule has 5 nitrogen and oxygen atoms in total. The van der Waals surface area contributed by atoms with Crippen LogP contribution in [0, 0.1) is 0 Å². The van der Waals surface area contributed by atoms with E-state index in [1.165, 1.54) is 25.2 Å². The Bertz CT molecular complexity index is 740. The van der Waals surface area contributed by atoms with E-state index < -0.39 is 11.9 Å². The van der Waals surface area contributed by atoms with Crippen LogP contribution in [0.25, 0.3) is 0 Å². The van der Waals surface area contributed by atoms with E-state index in [1.54, 1.807) is 36.6 Å². The summed E-state index contributed by atoms with van der Waals surface area (Å²) >= 11 is 10.4. The third-order valence-corrected chi connectivity index (χ3v) is 3.70. The van der Waals surface area contributed by atoms with Gasteiger partial charge in [0.25, 0.3) is 0 Å². The first kappa shape index (κ1) is 17.2. The summed E-state index contributed by atoms with van der Waals surface area (Å²) in [6.45, 7) is 0. The highest BCUT2D eigenvalue weighted by atomic mass is 35.5. The summed E-state index contributed by atoms with van der Waals surface area (Å²) in [5, 5.41) is 0.465. The molecule has 120 valence electrons. The van der Waals surface area contributed by atoms with Gasteiger partial charge < -0.3 is 14.4 Å². The normalized spacial score (nSPS) is 13.8. The summed E-state index contributed by atoms with van der Waals surface area (Å²) in [5.41, 5.74) is 0.613. The zero-order valence-electron chi connectivity index (χ0n) is 12.4. The van der Waals surface area contributed by atoms with E-state index in [0.717, 1.165) is 0 Å². The largest absolute Gasteiger partial charge is 0.465 e. The average Bonchev–Trinajstić information content (AvgIpc) is 2.78. The lowest BCUT2D eigenvalue weighted by molar-refractivity contribution is -0.139. The summed E-state index contributed by atoms with van der Waals surface area (Å²) in [4.78, 5) is 26.4. The second-order valence-corrected chi connectivity index (χ2v) is 5.37. The number of allylic oxidation sites excluding steroid dienone is 2. The first-order valence-electron chi connectivity index (χ1n) is 6.53. The lowest BCUT2D eigenvalue weighted by Gasteiger charge is -2.24. The number of methoxy groups -OCH3 is 2. The zero-order valence-corrected chi connectivity index (χ0v) is 14.1. The maximum Gasteiger partial charge on any atom is 0.355 e. The highest BCUT2D eigenvalue weighted by Crippen LogP contribution is 2.33. The number of anilines is 1. The fraction of sp³-hybridized carbons (Fsp3) is 0.125. The van der Waals surface area contributed by atoms with Gasteiger partial charge in [0.05, 0.1) is 25.5 Å². The van der Waals surface area contributed by atoms with Gasteiger partial charge in [-0.05, 0) is 30.4 Å². The average molecular weight is 352 g/mol. The summed E-state index contributed by atoms with van der Waals surface area (Å²) in [5.74, 6) is -1.34. The molecule has 0 atom stereocenters. The molecule has 1 aliphatic rings. The van der Waals surface area contributed by atoms with E-state index >= 15 is 0 Å². The van der Waals surface area contributed by atoms with E-state index in [-0.39, 0.29) is 11.3 Å². The van der Waals surface area contributed by atoms with Gasteiger partial charge in [0.15, 0.2) is 0 Å². The van der Waals surface area contributed by atoms with Crippen LogP contribution in [0.2, 0.25) is 5.02 Å². The van der Waals surface area contributed by atoms with Crippen molar-refractivity contribution in [2.24, 2.45) is 0 Å². The van der Waals surface area contributed by atoms with Crippen molar-refractivity contribution < 1.29 is 19.1 Å². The highest BCUT2D eigenvalue weighted by Gasteiger charge is 2.28. The molecule has 1 aromatic carbocycles. The van der Waals surface area contributed by atoms with Crippen LogP contribution in [0.4, 0.5) is 5.69 Å². The topological polar surface area (TPSA) is 55.8 Å². The van der Waals surface area contributed by atoms with Gasteiger partial charge in [-0.2, -0.15) is 0 Å². The van der Waals surface area contributed by atoms with Gasteiger partial charge in [-0.1, -0.05) is 17.7 Å². The van der Waals surface area contributed by atoms with Crippen LogP contribution >= 0.6 is 24.2 Å². The van der Waals surface area contributed by atoms with Crippen LogP contribution in [0.15, 0.2) is 58.8 Å². The molecular formula is C16H14ClNO4S. The van der Waals surface area contributed by atoms with Crippen molar-refractivity contribution >= 4 is 41.9 Å². The minimum absolute atomic E-state index is 0.0157. The van der Waals surface area contributed by atoms with E-state index in [0.29, 0.717) is 15.6 Å². The summed E-state index contributed by atoms with van der Waals surface area (Å²) in [6, 6.07) is 5.01. The molecule has 0 spiro atoms. The Kier molecular flexibility index (Phi) is 5.52. The van der Waals surface area contributed by atoms with Crippen LogP contribution in [-0.4, -0.2) is 26.2 Å². The number of ether oxygens (including phenoxy) is 2. The Morgan fingerprint density at radius 1 is 1.13 bits per heavy atom. The Morgan fingerprint density at radius 3 is 2.48 bits per heavy atom. The van der Waals surface area contributed by atoms with Crippen LogP contribution in [0.5, 0.6) is 0 Å². The molecule has 0 bridgehead atoms. The molecular weight excluding hydrogens is 338 g/mol. The SMILES string of the molecule is COC(=O)C1=C(C(=O)OC)N(c2cc(Cl)ccc2S)C=CC=C1. The predicted molar refractivity (Wildman–Crippen MR) is 90.5 cm³/mol. The molecule has 0 amide bonds. The molecule has 0 aliphatic carbocycles. The number of hydrogen-bond donors (Lipinski definition) is 1. The quantitative estimate of drug-likeness (QED) is 0.670. The molecule has 0 N–H and O–H groups in total. The fourth-order valence-electron chi connectivity index (χ4n) is 2.04. The first-order chi connectivity index (χ1) is 11.0. The zero-order chi connectivity index (χ0) is 17.0. The summed E-state index contributed by atoms with van der Waals surface area (Å²) in [6.07, 6.45) is 6.40. The van der Waals surface area contributed by atoms with Gasteiger partial charge in [0.1, 0.15) is 5.70 Å². The molecule has 0 unspecified atom stereocenters. The van der Waals surface area contributed by atoms with Crippen molar-refractivity contribution in [3.8, 4) is 0 Å². The van der Waals surface area contributed by atoms with E-state index in [1.807, 2.05) is 0 Å². The number of thiol groups is 1. The summed E-state index contributed by atoms with van der Waals surface area (Å²) < 4.78 is 9.57. The molecule has 0 saturated carbocycles. The van der Waals surface area contributed by atoms with Gasteiger partial charge in [0, 0.05) is 16.1 Å². The van der Waals surface area contributed by atoms with Crippen LogP contribution in [-0.2, 0) is 19.1 Å². The van der Waals surface area contributed by atoms with Crippen molar-refractivity contribution in [1.82, 2.24) is 0 Å². The number of carbonyl (C=O) groups is 2. The van der Waals surface area contributed by atoms with E-state index in [2.05, 4.69) is 12.6 Å². The molecule has 1 aromatic rings. The lowest BCUT2D eigenvalue weighted by Crippen LogP contribution is -2.27. The van der Waals surface area contributed by atoms with Crippen molar-refractivity contribution in [2.75, 3.05) is 19.1 Å². The van der Waals surface area contributed by atoms with Gasteiger partial charge in [0.2, 0.25) is 0 Å². The van der Waals surface area contributed by atoms with Crippen molar-refractivity contribution in [2.45, 2.75) is 4.90 Å². The lowest BCUT2D eigenvalue weighted by atomic mass is 10.1. The second-order valence-electron chi connectivity index (χ2n) is 4.45. The maximum absolute atomic E-state index is 12.3. The van der Waals surface area contributed by atoms with Crippen molar-refractivity contribution in [3.05, 3.63) is 58.9 Å². The van der Waals surface area contributed by atoms with Gasteiger partial charge in [-0.15, -0.1) is 12.6 Å². The Morgan fingerprint density at radius 2 is 1.83 bits per heavy atom. The summed E-state index contributed by atoms with van der Waals surface area (Å²) in [7, 11) is 2.48. The van der Waals surface area contributed by atoms with E-state index in [9.17, 15) is 9.59 Å². The number of benzene rings is 1. The Labute approximate surface area is 144 Å². The first-order valence-corrected chi connectivity index (χ1v) is 7.35. The molecule has 7 heteroatoms. The fourth-order valence-corrected chi connectivity index (χ4v) is 2.45. The monoisotopic (exact) mass is 351 g/mol. The number of carbonyl (C=O) groups excluding carboxylic acids is 2.